The van der Waals surface area contributed by atoms with Crippen LogP contribution in [-0.2, 0) is 4.74 Å². The molecule has 0 aliphatic carbocycles. The van der Waals surface area contributed by atoms with Crippen LogP contribution in [-0.4, -0.2) is 29.6 Å². The fourth-order valence-electron chi connectivity index (χ4n) is 1.23. The number of carbonyl (C=O) groups excluding carboxylic acids is 1. The normalized spacial score (nSPS) is 12.4. The predicted molar refractivity (Wildman–Crippen MR) is 66.3 cm³/mol. The van der Waals surface area contributed by atoms with Crippen LogP contribution in [0, 0.1) is 5.21 Å². The maximum Gasteiger partial charge on any atom is 0.338 e. The molecular formula is C13H17NO3. The second-order valence-corrected chi connectivity index (χ2v) is 4.70. The van der Waals surface area contributed by atoms with Crippen molar-refractivity contribution in [2.24, 2.45) is 0 Å². The number of methoxy groups -OCH3 is 1. The van der Waals surface area contributed by atoms with E-state index in [9.17, 15) is 10.0 Å². The molecule has 0 atom stereocenters. The van der Waals surface area contributed by atoms with E-state index in [-0.39, 0.29) is 0 Å². The maximum atomic E-state index is 11.8. The van der Waals surface area contributed by atoms with Gasteiger partial charge in [0.25, 0.3) is 0 Å². The number of esters is 1. The average Bonchev–Trinajstić information content (AvgIpc) is 2.27. The van der Waals surface area contributed by atoms with Crippen LogP contribution in [0.15, 0.2) is 24.3 Å². The number of hydrogen-bond acceptors (Lipinski definition) is 3. The fourth-order valence-corrected chi connectivity index (χ4v) is 1.23. The van der Waals surface area contributed by atoms with Crippen molar-refractivity contribution >= 4 is 12.2 Å². The van der Waals surface area contributed by atoms with Crippen LogP contribution in [0.1, 0.15) is 36.7 Å². The SMILES string of the molecule is COC(=O)c1ccccc1/C=[N+](\[O-])C(C)(C)C. The standard InChI is InChI=1S/C13H17NO3/c1-13(2,3)14(16)9-10-7-5-6-8-11(10)12(15)17-4/h5-9H,1-4H3/b14-9-. The Morgan fingerprint density at radius 3 is 2.47 bits per heavy atom. The first-order valence-corrected chi connectivity index (χ1v) is 5.35. The van der Waals surface area contributed by atoms with Gasteiger partial charge in [-0.1, -0.05) is 12.1 Å². The zero-order valence-electron chi connectivity index (χ0n) is 10.6. The monoisotopic (exact) mass is 235 g/mol. The Hall–Kier alpha value is -1.84. The van der Waals surface area contributed by atoms with Crippen LogP contribution in [0.5, 0.6) is 0 Å². The molecule has 0 saturated carbocycles. The first-order valence-electron chi connectivity index (χ1n) is 5.35. The molecule has 0 bridgehead atoms. The smallest absolute Gasteiger partial charge is 0.338 e. The van der Waals surface area contributed by atoms with Crippen molar-refractivity contribution in [2.45, 2.75) is 26.3 Å². The summed E-state index contributed by atoms with van der Waals surface area (Å²) in [6, 6.07) is 6.85. The summed E-state index contributed by atoms with van der Waals surface area (Å²) in [4.78, 5) is 11.5. The average molecular weight is 235 g/mol. The first kappa shape index (κ1) is 13.2. The van der Waals surface area contributed by atoms with E-state index in [1.54, 1.807) is 45.0 Å². The zero-order chi connectivity index (χ0) is 13.1. The molecule has 0 unspecified atom stereocenters. The van der Waals surface area contributed by atoms with Crippen LogP contribution in [0.4, 0.5) is 0 Å². The molecular weight excluding hydrogens is 218 g/mol. The Kier molecular flexibility index (Phi) is 3.89. The number of hydroxylamine groups is 1. The molecule has 0 heterocycles. The molecule has 0 aliphatic heterocycles. The molecule has 0 saturated heterocycles. The van der Waals surface area contributed by atoms with Crippen molar-refractivity contribution in [3.8, 4) is 0 Å². The van der Waals surface area contributed by atoms with Gasteiger partial charge >= 0.3 is 5.97 Å². The van der Waals surface area contributed by atoms with Crippen molar-refractivity contribution in [1.82, 2.24) is 0 Å². The summed E-state index contributed by atoms with van der Waals surface area (Å²) in [7, 11) is 1.32. The first-order chi connectivity index (χ1) is 7.86. The van der Waals surface area contributed by atoms with E-state index in [1.165, 1.54) is 13.3 Å². The Morgan fingerprint density at radius 1 is 1.35 bits per heavy atom. The second kappa shape index (κ2) is 4.99. The minimum atomic E-state index is -0.538. The van der Waals surface area contributed by atoms with E-state index in [0.29, 0.717) is 11.1 Å². The predicted octanol–water partition coefficient (Wildman–Crippen LogP) is 2.20. The van der Waals surface area contributed by atoms with Crippen molar-refractivity contribution in [3.05, 3.63) is 40.6 Å². The number of benzene rings is 1. The molecule has 4 heteroatoms. The third-order valence-corrected chi connectivity index (χ3v) is 2.28. The van der Waals surface area contributed by atoms with Gasteiger partial charge in [0, 0.05) is 20.8 Å². The third-order valence-electron chi connectivity index (χ3n) is 2.28. The summed E-state index contributed by atoms with van der Waals surface area (Å²) in [5.41, 5.74) is 0.410. The molecule has 1 rings (SSSR count). The third kappa shape index (κ3) is 3.31. The molecule has 92 valence electrons. The van der Waals surface area contributed by atoms with Gasteiger partial charge in [0.05, 0.1) is 18.2 Å². The number of carbonyl (C=O) groups is 1. The van der Waals surface area contributed by atoms with Crippen LogP contribution >= 0.6 is 0 Å². The molecule has 0 N–H and O–H groups in total. The lowest BCUT2D eigenvalue weighted by molar-refractivity contribution is -0.530. The zero-order valence-corrected chi connectivity index (χ0v) is 10.6. The lowest BCUT2D eigenvalue weighted by atomic mass is 10.1. The van der Waals surface area contributed by atoms with Gasteiger partial charge in [0.15, 0.2) is 11.8 Å². The number of rotatable bonds is 2. The Morgan fingerprint density at radius 2 is 1.94 bits per heavy atom. The summed E-state index contributed by atoms with van der Waals surface area (Å²) >= 11 is 0. The number of nitrogens with zero attached hydrogens (tertiary/aromatic N) is 1. The van der Waals surface area contributed by atoms with E-state index < -0.39 is 11.5 Å². The van der Waals surface area contributed by atoms with Gasteiger partial charge in [0.1, 0.15) is 0 Å². The highest BCUT2D eigenvalue weighted by Crippen LogP contribution is 2.10. The van der Waals surface area contributed by atoms with Crippen LogP contribution in [0.3, 0.4) is 0 Å². The highest BCUT2D eigenvalue weighted by Gasteiger charge is 2.19. The van der Waals surface area contributed by atoms with E-state index >= 15 is 0 Å². The molecule has 0 aromatic heterocycles. The summed E-state index contributed by atoms with van der Waals surface area (Å²) in [5.74, 6) is -0.445. The molecule has 17 heavy (non-hydrogen) atoms. The van der Waals surface area contributed by atoms with E-state index in [4.69, 9.17) is 0 Å². The largest absolute Gasteiger partial charge is 0.623 e. The summed E-state index contributed by atoms with van der Waals surface area (Å²) in [5, 5.41) is 11.8. The lowest BCUT2D eigenvalue weighted by Gasteiger charge is -2.18. The summed E-state index contributed by atoms with van der Waals surface area (Å²) in [6.45, 7) is 5.41. The van der Waals surface area contributed by atoms with Gasteiger partial charge in [-0.2, -0.15) is 0 Å². The lowest BCUT2D eigenvalue weighted by Crippen LogP contribution is -2.29. The van der Waals surface area contributed by atoms with E-state index in [1.807, 2.05) is 0 Å². The molecule has 1 aromatic rings. The minimum Gasteiger partial charge on any atom is -0.623 e. The van der Waals surface area contributed by atoms with Crippen LogP contribution < -0.4 is 0 Å². The van der Waals surface area contributed by atoms with Gasteiger partial charge in [-0.25, -0.2) is 9.53 Å². The Labute approximate surface area is 101 Å². The van der Waals surface area contributed by atoms with Crippen molar-refractivity contribution in [1.29, 1.82) is 0 Å². The van der Waals surface area contributed by atoms with Crippen molar-refractivity contribution < 1.29 is 14.3 Å². The quantitative estimate of drug-likeness (QED) is 0.259. The van der Waals surface area contributed by atoms with Crippen molar-refractivity contribution in [3.63, 3.8) is 0 Å². The van der Waals surface area contributed by atoms with Gasteiger partial charge in [-0.15, -0.1) is 0 Å². The Balaban J connectivity index is 3.20. The van der Waals surface area contributed by atoms with E-state index in [0.717, 1.165) is 4.74 Å². The van der Waals surface area contributed by atoms with E-state index in [2.05, 4.69) is 4.74 Å². The van der Waals surface area contributed by atoms with Crippen LogP contribution in [0.25, 0.3) is 0 Å². The van der Waals surface area contributed by atoms with Gasteiger partial charge < -0.3 is 9.94 Å². The second-order valence-electron chi connectivity index (χ2n) is 4.70. The topological polar surface area (TPSA) is 52.4 Å². The van der Waals surface area contributed by atoms with Gasteiger partial charge in [-0.05, 0) is 12.1 Å². The highest BCUT2D eigenvalue weighted by molar-refractivity contribution is 5.98. The van der Waals surface area contributed by atoms with Crippen molar-refractivity contribution in [2.75, 3.05) is 7.11 Å². The maximum absolute atomic E-state index is 11.8. The Bertz CT molecular complexity index is 444. The summed E-state index contributed by atoms with van der Waals surface area (Å²) < 4.78 is 5.49. The molecule has 0 fully saturated rings. The summed E-state index contributed by atoms with van der Waals surface area (Å²) in [6.07, 6.45) is 1.41. The minimum absolute atomic E-state index is 0.389. The molecule has 0 amide bonds. The van der Waals surface area contributed by atoms with Gasteiger partial charge in [-0.3, -0.25) is 0 Å². The molecule has 4 nitrogen and oxygen atoms in total. The molecule has 0 radical (unpaired) electrons. The number of ether oxygens (including phenoxy) is 1. The number of hydrogen-bond donors (Lipinski definition) is 0. The van der Waals surface area contributed by atoms with Gasteiger partial charge in [0.2, 0.25) is 0 Å². The fraction of sp³-hybridized carbons (Fsp3) is 0.385. The molecule has 0 aliphatic rings. The molecule has 1 aromatic carbocycles. The highest BCUT2D eigenvalue weighted by atomic mass is 16.5. The molecule has 0 spiro atoms. The van der Waals surface area contributed by atoms with Crippen LogP contribution in [0.2, 0.25) is 0 Å².